The summed E-state index contributed by atoms with van der Waals surface area (Å²) >= 11 is 0. The van der Waals surface area contributed by atoms with Gasteiger partial charge in [-0.05, 0) is 202 Å². The Balaban J connectivity index is 1.99. The number of hydrogen-bond donors (Lipinski definition) is 0. The first-order valence-corrected chi connectivity index (χ1v) is 14.6. The molecule has 0 aliphatic heterocycles. The summed E-state index contributed by atoms with van der Waals surface area (Å²) < 4.78 is 0. The largest absolute Gasteiger partial charge is 0.0625 e. The van der Waals surface area contributed by atoms with E-state index < -0.39 is 0 Å². The molecule has 0 N–H and O–H groups in total. The second kappa shape index (κ2) is 10.1. The molecular formula is C37H50. The van der Waals surface area contributed by atoms with Gasteiger partial charge in [-0.25, -0.2) is 0 Å². The van der Waals surface area contributed by atoms with E-state index in [0.717, 1.165) is 11.8 Å². The maximum atomic E-state index is 2.43. The molecule has 1 saturated carbocycles. The van der Waals surface area contributed by atoms with Crippen LogP contribution in [0.5, 0.6) is 0 Å². The van der Waals surface area contributed by atoms with Crippen molar-refractivity contribution in [3.63, 3.8) is 0 Å². The molecule has 0 amide bonds. The van der Waals surface area contributed by atoms with E-state index in [-0.39, 0.29) is 0 Å². The van der Waals surface area contributed by atoms with Gasteiger partial charge in [0.2, 0.25) is 0 Å². The van der Waals surface area contributed by atoms with Crippen molar-refractivity contribution in [1.82, 2.24) is 0 Å². The van der Waals surface area contributed by atoms with Crippen molar-refractivity contribution in [3.8, 4) is 22.3 Å². The van der Waals surface area contributed by atoms with Gasteiger partial charge in [0.25, 0.3) is 0 Å². The molecule has 1 fully saturated rings. The molecule has 3 aromatic rings. The van der Waals surface area contributed by atoms with E-state index in [4.69, 9.17) is 0 Å². The molecule has 0 saturated heterocycles. The van der Waals surface area contributed by atoms with Gasteiger partial charge < -0.3 is 0 Å². The summed E-state index contributed by atoms with van der Waals surface area (Å²) in [7, 11) is 0. The van der Waals surface area contributed by atoms with Crippen molar-refractivity contribution in [2.75, 3.05) is 0 Å². The predicted molar refractivity (Wildman–Crippen MR) is 165 cm³/mol. The average molecular weight is 495 g/mol. The first kappa shape index (κ1) is 27.7. The van der Waals surface area contributed by atoms with Crippen molar-refractivity contribution in [3.05, 3.63) is 78.4 Å². The van der Waals surface area contributed by atoms with Crippen molar-refractivity contribution in [2.24, 2.45) is 5.92 Å². The molecule has 3 aromatic carbocycles. The van der Waals surface area contributed by atoms with Crippen LogP contribution in [0.3, 0.4) is 0 Å². The smallest absolute Gasteiger partial charge is 0.0114 e. The van der Waals surface area contributed by atoms with E-state index in [9.17, 15) is 0 Å². The van der Waals surface area contributed by atoms with Crippen molar-refractivity contribution >= 4 is 0 Å². The van der Waals surface area contributed by atoms with Crippen LogP contribution in [0, 0.1) is 89.0 Å². The summed E-state index contributed by atoms with van der Waals surface area (Å²) in [6, 6.07) is 2.35. The lowest BCUT2D eigenvalue weighted by molar-refractivity contribution is 0.346. The third-order valence-electron chi connectivity index (χ3n) is 10.6. The number of aryl methyl sites for hydroxylation is 2. The van der Waals surface area contributed by atoms with Crippen LogP contribution in [0.4, 0.5) is 0 Å². The molecule has 0 aromatic heterocycles. The van der Waals surface area contributed by atoms with Crippen LogP contribution >= 0.6 is 0 Å². The summed E-state index contributed by atoms with van der Waals surface area (Å²) in [5.74, 6) is 1.61. The summed E-state index contributed by atoms with van der Waals surface area (Å²) in [5, 5.41) is 0. The van der Waals surface area contributed by atoms with E-state index in [1.54, 1.807) is 5.56 Å². The lowest BCUT2D eigenvalue weighted by Gasteiger charge is -2.32. The van der Waals surface area contributed by atoms with Gasteiger partial charge in [0.15, 0.2) is 0 Å². The molecular weight excluding hydrogens is 444 g/mol. The second-order valence-electron chi connectivity index (χ2n) is 12.6. The van der Waals surface area contributed by atoms with Gasteiger partial charge in [0.1, 0.15) is 0 Å². The molecule has 1 aliphatic carbocycles. The molecule has 37 heavy (non-hydrogen) atoms. The van der Waals surface area contributed by atoms with E-state index >= 15 is 0 Å². The van der Waals surface area contributed by atoms with E-state index in [2.05, 4.69) is 96.1 Å². The highest BCUT2D eigenvalue weighted by molar-refractivity contribution is 5.88. The SMILES string of the molecule is Cc1cc(C)c(C)c(-c2c(C)c(C)c(-c3c(C)c(C)c(C4CCC(C)CC4)c(C)c3C)c(C)c2C)c1C. The third-order valence-corrected chi connectivity index (χ3v) is 10.6. The molecule has 4 rings (SSSR count). The van der Waals surface area contributed by atoms with E-state index in [1.807, 2.05) is 0 Å². The Bertz CT molecular complexity index is 1300. The third kappa shape index (κ3) is 4.39. The normalized spacial score (nSPS) is 18.0. The highest BCUT2D eigenvalue weighted by Gasteiger charge is 2.28. The van der Waals surface area contributed by atoms with Gasteiger partial charge in [-0.15, -0.1) is 0 Å². The maximum absolute atomic E-state index is 2.43. The fraction of sp³-hybridized carbons (Fsp3) is 0.514. The van der Waals surface area contributed by atoms with E-state index in [1.165, 1.54) is 115 Å². The van der Waals surface area contributed by atoms with Crippen LogP contribution in [0.25, 0.3) is 22.3 Å². The van der Waals surface area contributed by atoms with Crippen molar-refractivity contribution in [1.29, 1.82) is 0 Å². The zero-order chi connectivity index (χ0) is 27.5. The topological polar surface area (TPSA) is 0 Å². The molecule has 1 aliphatic rings. The van der Waals surface area contributed by atoms with Gasteiger partial charge in [0, 0.05) is 0 Å². The Labute approximate surface area is 227 Å². The lowest BCUT2D eigenvalue weighted by Crippen LogP contribution is -2.15. The molecule has 0 nitrogen and oxygen atoms in total. The summed E-state index contributed by atoms with van der Waals surface area (Å²) in [5.41, 5.74) is 25.0. The first-order valence-electron chi connectivity index (χ1n) is 14.6. The minimum atomic E-state index is 0.728. The molecule has 198 valence electrons. The van der Waals surface area contributed by atoms with Crippen LogP contribution in [0.1, 0.15) is 111 Å². The predicted octanol–water partition coefficient (Wildman–Crippen LogP) is 11.0. The molecule has 0 bridgehead atoms. The molecule has 0 heteroatoms. The Morgan fingerprint density at radius 1 is 0.405 bits per heavy atom. The second-order valence-corrected chi connectivity index (χ2v) is 12.6. The minimum absolute atomic E-state index is 0.728. The first-order chi connectivity index (χ1) is 17.3. The van der Waals surface area contributed by atoms with Gasteiger partial charge in [-0.2, -0.15) is 0 Å². The minimum Gasteiger partial charge on any atom is -0.0625 e. The van der Waals surface area contributed by atoms with Gasteiger partial charge in [-0.3, -0.25) is 0 Å². The van der Waals surface area contributed by atoms with Gasteiger partial charge in [0.05, 0.1) is 0 Å². The zero-order valence-electron chi connectivity index (χ0n) is 26.1. The van der Waals surface area contributed by atoms with Gasteiger partial charge in [-0.1, -0.05) is 25.8 Å². The summed E-state index contributed by atoms with van der Waals surface area (Å²) in [6.45, 7) is 30.6. The summed E-state index contributed by atoms with van der Waals surface area (Å²) in [4.78, 5) is 0. The monoisotopic (exact) mass is 494 g/mol. The Morgan fingerprint density at radius 2 is 0.703 bits per heavy atom. The van der Waals surface area contributed by atoms with Crippen molar-refractivity contribution < 1.29 is 0 Å². The number of benzene rings is 3. The highest BCUT2D eigenvalue weighted by Crippen LogP contribution is 2.47. The quantitative estimate of drug-likeness (QED) is 0.339. The van der Waals surface area contributed by atoms with Crippen LogP contribution in [0.15, 0.2) is 6.07 Å². The molecule has 0 unspecified atom stereocenters. The fourth-order valence-corrected chi connectivity index (χ4v) is 7.53. The Kier molecular flexibility index (Phi) is 7.55. The maximum Gasteiger partial charge on any atom is -0.0114 e. The van der Waals surface area contributed by atoms with Crippen LogP contribution in [0.2, 0.25) is 0 Å². The Hall–Kier alpha value is -2.34. The highest BCUT2D eigenvalue weighted by atomic mass is 14.3. The zero-order valence-corrected chi connectivity index (χ0v) is 26.1. The van der Waals surface area contributed by atoms with Crippen molar-refractivity contribution in [2.45, 2.75) is 122 Å². The average Bonchev–Trinajstić information content (AvgIpc) is 2.85. The van der Waals surface area contributed by atoms with Gasteiger partial charge >= 0.3 is 0 Å². The fourth-order valence-electron chi connectivity index (χ4n) is 7.53. The van der Waals surface area contributed by atoms with Crippen LogP contribution < -0.4 is 0 Å². The lowest BCUT2D eigenvalue weighted by atomic mass is 9.72. The standard InChI is InChI=1S/C37H50/c1-19-14-16-32(17-15-19)33-24(6)26(8)36(27(9)25(33)7)37-30(12)28(10)35(29(11)31(37)13)34-22(4)20(2)18-21(3)23(34)5/h18-19,32H,14-17H2,1-13H3. The molecule has 0 spiro atoms. The Morgan fingerprint density at radius 3 is 1.05 bits per heavy atom. The number of hydrogen-bond acceptors (Lipinski definition) is 0. The van der Waals surface area contributed by atoms with E-state index in [0.29, 0.717) is 0 Å². The molecule has 0 radical (unpaired) electrons. The number of rotatable bonds is 3. The summed E-state index contributed by atoms with van der Waals surface area (Å²) in [6.07, 6.45) is 5.44. The van der Waals surface area contributed by atoms with Crippen LogP contribution in [-0.4, -0.2) is 0 Å². The molecule has 0 atom stereocenters. The molecule has 0 heterocycles. The van der Waals surface area contributed by atoms with Crippen LogP contribution in [-0.2, 0) is 0 Å².